The average molecular weight is 540 g/mol. The van der Waals surface area contributed by atoms with Gasteiger partial charge in [-0.25, -0.2) is 9.79 Å². The fourth-order valence-electron chi connectivity index (χ4n) is 4.14. The Hall–Kier alpha value is -4.45. The van der Waals surface area contributed by atoms with Gasteiger partial charge in [0.25, 0.3) is 5.56 Å². The number of fused-ring (bicyclic) bond motifs is 1. The molecule has 1 aliphatic heterocycles. The lowest BCUT2D eigenvalue weighted by molar-refractivity contribution is -0.385. The van der Waals surface area contributed by atoms with E-state index in [0.29, 0.717) is 17.0 Å². The number of hydrogen-bond donors (Lipinski definition) is 2. The van der Waals surface area contributed by atoms with Crippen LogP contribution in [0.15, 0.2) is 57.5 Å². The number of benzene rings is 2. The molecule has 2 heterocycles. The molecular weight excluding hydrogens is 514 g/mol. The smallest absolute Gasteiger partial charge is 0.338 e. The summed E-state index contributed by atoms with van der Waals surface area (Å²) in [6.45, 7) is 7.17. The number of aromatic nitrogens is 1. The molecule has 0 spiro atoms. The van der Waals surface area contributed by atoms with Crippen LogP contribution in [0.5, 0.6) is 17.2 Å². The largest absolute Gasteiger partial charge is 0.507 e. The molecule has 0 unspecified atom stereocenters. The number of para-hydroxylation sites is 1. The summed E-state index contributed by atoms with van der Waals surface area (Å²) in [7, 11) is 0. The van der Waals surface area contributed by atoms with E-state index in [4.69, 9.17) is 9.47 Å². The maximum Gasteiger partial charge on any atom is 0.338 e. The predicted octanol–water partition coefficient (Wildman–Crippen LogP) is 2.90. The molecule has 38 heavy (non-hydrogen) atoms. The van der Waals surface area contributed by atoms with Gasteiger partial charge in [-0.05, 0) is 39.8 Å². The maximum absolute atomic E-state index is 13.8. The van der Waals surface area contributed by atoms with Gasteiger partial charge in [-0.15, -0.1) is 0 Å². The number of allylic oxidation sites excluding steroid dienone is 1. The molecule has 3 aromatic rings. The minimum Gasteiger partial charge on any atom is -0.507 e. The first-order valence-corrected chi connectivity index (χ1v) is 12.5. The predicted molar refractivity (Wildman–Crippen MR) is 139 cm³/mol. The second kappa shape index (κ2) is 10.5. The van der Waals surface area contributed by atoms with Crippen LogP contribution >= 0.6 is 11.3 Å². The van der Waals surface area contributed by atoms with E-state index in [0.717, 1.165) is 23.5 Å². The number of nitro benzene ring substituents is 1. The fraction of sp³-hybridized carbons (Fsp3) is 0.269. The molecule has 0 radical (unpaired) electrons. The Balaban J connectivity index is 2.00. The first kappa shape index (κ1) is 26.6. The molecule has 1 atom stereocenters. The summed E-state index contributed by atoms with van der Waals surface area (Å²) >= 11 is 0.991. The number of ether oxygens (including phenoxy) is 2. The average Bonchev–Trinajstić information content (AvgIpc) is 3.14. The van der Waals surface area contributed by atoms with Crippen LogP contribution in [0, 0.1) is 10.1 Å². The van der Waals surface area contributed by atoms with Crippen molar-refractivity contribution < 1.29 is 29.4 Å². The van der Waals surface area contributed by atoms with Crippen molar-refractivity contribution in [2.45, 2.75) is 39.8 Å². The van der Waals surface area contributed by atoms with Gasteiger partial charge in [0.2, 0.25) is 0 Å². The SMILES string of the molecule is CCOC(=O)C1=C(C)N=c2s/c(=C/c3cc([N+](=O)[O-])c(O)cc3O)c(=O)n2[C@H]1c1ccccc1OC(C)C. The van der Waals surface area contributed by atoms with Gasteiger partial charge in [-0.1, -0.05) is 29.5 Å². The number of rotatable bonds is 7. The highest BCUT2D eigenvalue weighted by atomic mass is 32.1. The number of thiazole rings is 1. The Labute approximate surface area is 220 Å². The Kier molecular flexibility index (Phi) is 7.35. The molecule has 12 heteroatoms. The second-order valence-electron chi connectivity index (χ2n) is 8.66. The molecule has 198 valence electrons. The molecule has 2 aromatic carbocycles. The number of nitrogens with zero attached hydrogens (tertiary/aromatic N) is 3. The monoisotopic (exact) mass is 539 g/mol. The van der Waals surface area contributed by atoms with Crippen LogP contribution in [0.3, 0.4) is 0 Å². The highest BCUT2D eigenvalue weighted by Crippen LogP contribution is 2.36. The maximum atomic E-state index is 13.8. The summed E-state index contributed by atoms with van der Waals surface area (Å²) in [5, 5.41) is 31.4. The van der Waals surface area contributed by atoms with E-state index in [-0.39, 0.29) is 33.2 Å². The Morgan fingerprint density at radius 3 is 2.63 bits per heavy atom. The first-order chi connectivity index (χ1) is 18.0. The number of nitro groups is 1. The van der Waals surface area contributed by atoms with Gasteiger partial charge in [0.15, 0.2) is 10.6 Å². The van der Waals surface area contributed by atoms with Crippen LogP contribution in [-0.4, -0.2) is 38.4 Å². The third-order valence-electron chi connectivity index (χ3n) is 5.70. The van der Waals surface area contributed by atoms with E-state index in [1.807, 2.05) is 13.8 Å². The van der Waals surface area contributed by atoms with Crippen molar-refractivity contribution in [1.29, 1.82) is 0 Å². The lowest BCUT2D eigenvalue weighted by Gasteiger charge is -2.26. The summed E-state index contributed by atoms with van der Waals surface area (Å²) in [6, 6.07) is 7.94. The summed E-state index contributed by atoms with van der Waals surface area (Å²) in [4.78, 5) is 42.1. The van der Waals surface area contributed by atoms with Crippen LogP contribution in [0.4, 0.5) is 5.69 Å². The summed E-state index contributed by atoms with van der Waals surface area (Å²) in [6.07, 6.45) is 1.10. The lowest BCUT2D eigenvalue weighted by atomic mass is 9.95. The van der Waals surface area contributed by atoms with Crippen molar-refractivity contribution >= 4 is 29.1 Å². The van der Waals surface area contributed by atoms with E-state index in [1.165, 1.54) is 10.6 Å². The summed E-state index contributed by atoms with van der Waals surface area (Å²) in [5.74, 6) is -1.30. The number of esters is 1. The molecule has 11 nitrogen and oxygen atoms in total. The summed E-state index contributed by atoms with van der Waals surface area (Å²) in [5.41, 5.74) is -0.115. The third-order valence-corrected chi connectivity index (χ3v) is 6.68. The summed E-state index contributed by atoms with van der Waals surface area (Å²) < 4.78 is 12.8. The molecule has 0 aliphatic carbocycles. The minimum absolute atomic E-state index is 0.0406. The highest BCUT2D eigenvalue weighted by Gasteiger charge is 2.35. The number of aromatic hydroxyl groups is 2. The molecular formula is C26H25N3O8S. The molecule has 0 fully saturated rings. The van der Waals surface area contributed by atoms with Crippen LogP contribution in [0.1, 0.15) is 44.9 Å². The van der Waals surface area contributed by atoms with Crippen LogP contribution in [-0.2, 0) is 9.53 Å². The van der Waals surface area contributed by atoms with E-state index in [9.17, 15) is 29.9 Å². The number of hydrogen-bond acceptors (Lipinski definition) is 10. The Morgan fingerprint density at radius 2 is 1.97 bits per heavy atom. The fourth-order valence-corrected chi connectivity index (χ4v) is 5.18. The van der Waals surface area contributed by atoms with Gasteiger partial charge in [-0.2, -0.15) is 0 Å². The van der Waals surface area contributed by atoms with Crippen molar-refractivity contribution in [3.8, 4) is 17.2 Å². The molecule has 0 saturated carbocycles. The number of phenolic OH excluding ortho intramolecular Hbond substituents is 2. The molecule has 0 bridgehead atoms. The van der Waals surface area contributed by atoms with Crippen molar-refractivity contribution in [3.05, 3.63) is 88.6 Å². The van der Waals surface area contributed by atoms with Crippen molar-refractivity contribution in [2.75, 3.05) is 6.61 Å². The van der Waals surface area contributed by atoms with Crippen molar-refractivity contribution in [1.82, 2.24) is 4.57 Å². The van der Waals surface area contributed by atoms with E-state index < -0.39 is 39.7 Å². The molecule has 1 aliphatic rings. The molecule has 1 aromatic heterocycles. The van der Waals surface area contributed by atoms with E-state index >= 15 is 0 Å². The van der Waals surface area contributed by atoms with Gasteiger partial charge >= 0.3 is 11.7 Å². The van der Waals surface area contributed by atoms with Crippen molar-refractivity contribution in [2.24, 2.45) is 4.99 Å². The number of carbonyl (C=O) groups is 1. The topological polar surface area (TPSA) is 153 Å². The quantitative estimate of drug-likeness (QED) is 0.264. The van der Waals surface area contributed by atoms with E-state index in [2.05, 4.69) is 4.99 Å². The Bertz CT molecular complexity index is 1650. The standard InChI is InChI=1S/C26H25N3O8S/c1-5-36-25(33)22-14(4)27-26-28(23(22)16-8-6-7-9-20(16)37-13(2)3)24(32)21(38-26)11-15-10-17(29(34)35)19(31)12-18(15)30/h6-13,23,30-31H,5H2,1-4H3/b21-11+/t23-/m0/s1. The van der Waals surface area contributed by atoms with Crippen LogP contribution in [0.25, 0.3) is 6.08 Å². The Morgan fingerprint density at radius 1 is 1.26 bits per heavy atom. The molecule has 0 amide bonds. The van der Waals surface area contributed by atoms with Gasteiger partial charge in [0.05, 0.1) is 33.4 Å². The number of phenols is 2. The minimum atomic E-state index is -0.926. The van der Waals surface area contributed by atoms with Crippen LogP contribution in [0.2, 0.25) is 0 Å². The lowest BCUT2D eigenvalue weighted by Crippen LogP contribution is -2.40. The molecule has 4 rings (SSSR count). The van der Waals surface area contributed by atoms with E-state index in [1.54, 1.807) is 38.1 Å². The zero-order valence-corrected chi connectivity index (χ0v) is 21.8. The highest BCUT2D eigenvalue weighted by molar-refractivity contribution is 7.07. The zero-order chi connectivity index (χ0) is 27.7. The second-order valence-corrected chi connectivity index (χ2v) is 9.67. The first-order valence-electron chi connectivity index (χ1n) is 11.7. The van der Waals surface area contributed by atoms with Gasteiger partial charge in [0.1, 0.15) is 17.5 Å². The van der Waals surface area contributed by atoms with Gasteiger partial charge in [0, 0.05) is 23.3 Å². The molecule has 0 saturated heterocycles. The number of carbonyl (C=O) groups excluding carboxylic acids is 1. The molecule has 2 N–H and O–H groups in total. The van der Waals surface area contributed by atoms with Crippen molar-refractivity contribution in [3.63, 3.8) is 0 Å². The van der Waals surface area contributed by atoms with Gasteiger partial charge < -0.3 is 19.7 Å². The van der Waals surface area contributed by atoms with Crippen LogP contribution < -0.4 is 19.6 Å². The normalized spacial score (nSPS) is 15.3. The zero-order valence-electron chi connectivity index (χ0n) is 21.0. The van der Waals surface area contributed by atoms with Gasteiger partial charge in [-0.3, -0.25) is 19.5 Å². The third kappa shape index (κ3) is 4.90.